The number of aromatic amines is 2. The number of furan rings is 1. The summed E-state index contributed by atoms with van der Waals surface area (Å²) >= 11 is 0. The van der Waals surface area contributed by atoms with E-state index in [1.807, 2.05) is 11.7 Å². The van der Waals surface area contributed by atoms with E-state index in [9.17, 15) is 14.4 Å². The van der Waals surface area contributed by atoms with Gasteiger partial charge in [0.15, 0.2) is 0 Å². The zero-order valence-electron chi connectivity index (χ0n) is 14.8. The molecule has 27 heavy (non-hydrogen) atoms. The molecule has 0 unspecified atom stereocenters. The molecule has 2 N–H and O–H groups in total. The van der Waals surface area contributed by atoms with Crippen LogP contribution < -0.4 is 11.2 Å². The summed E-state index contributed by atoms with van der Waals surface area (Å²) in [6.45, 7) is 0.462. The SMILES string of the molecule is Cn1nc(CN(Cc2ccco2)C(=O)c2cc(=O)[nH]c(=O)[nH]2)c2c1CCC2. The van der Waals surface area contributed by atoms with Crippen molar-refractivity contribution in [1.82, 2.24) is 24.6 Å². The van der Waals surface area contributed by atoms with Crippen molar-refractivity contribution in [3.8, 4) is 0 Å². The summed E-state index contributed by atoms with van der Waals surface area (Å²) in [5.41, 5.74) is 1.79. The monoisotopic (exact) mass is 369 g/mol. The maximum Gasteiger partial charge on any atom is 0.326 e. The smallest absolute Gasteiger partial charge is 0.326 e. The van der Waals surface area contributed by atoms with E-state index in [4.69, 9.17) is 4.42 Å². The highest BCUT2D eigenvalue weighted by Crippen LogP contribution is 2.26. The topological polar surface area (TPSA) is 117 Å². The number of amides is 1. The second-order valence-corrected chi connectivity index (χ2v) is 6.59. The van der Waals surface area contributed by atoms with Gasteiger partial charge in [0, 0.05) is 18.8 Å². The summed E-state index contributed by atoms with van der Waals surface area (Å²) in [6.07, 6.45) is 4.52. The van der Waals surface area contributed by atoms with Crippen molar-refractivity contribution in [2.75, 3.05) is 0 Å². The third-order valence-electron chi connectivity index (χ3n) is 4.74. The Morgan fingerprint density at radius 3 is 2.89 bits per heavy atom. The molecular weight excluding hydrogens is 350 g/mol. The van der Waals surface area contributed by atoms with Gasteiger partial charge in [-0.25, -0.2) is 4.79 Å². The van der Waals surface area contributed by atoms with E-state index in [1.165, 1.54) is 22.4 Å². The minimum absolute atomic E-state index is 0.0668. The molecule has 9 nitrogen and oxygen atoms in total. The van der Waals surface area contributed by atoms with E-state index >= 15 is 0 Å². The second-order valence-electron chi connectivity index (χ2n) is 6.59. The van der Waals surface area contributed by atoms with Crippen LogP contribution >= 0.6 is 0 Å². The van der Waals surface area contributed by atoms with Crippen molar-refractivity contribution in [3.63, 3.8) is 0 Å². The molecule has 0 aliphatic heterocycles. The highest BCUT2D eigenvalue weighted by Gasteiger charge is 2.25. The quantitative estimate of drug-likeness (QED) is 0.687. The summed E-state index contributed by atoms with van der Waals surface area (Å²) in [7, 11) is 1.90. The highest BCUT2D eigenvalue weighted by molar-refractivity contribution is 5.92. The number of aromatic nitrogens is 4. The van der Waals surface area contributed by atoms with Crippen LogP contribution in [0.4, 0.5) is 0 Å². The minimum atomic E-state index is -0.720. The first-order valence-electron chi connectivity index (χ1n) is 8.70. The van der Waals surface area contributed by atoms with Gasteiger partial charge in [-0.05, 0) is 37.0 Å². The Kier molecular flexibility index (Phi) is 4.27. The van der Waals surface area contributed by atoms with Gasteiger partial charge >= 0.3 is 5.69 Å². The van der Waals surface area contributed by atoms with E-state index in [-0.39, 0.29) is 18.8 Å². The third kappa shape index (κ3) is 3.35. The van der Waals surface area contributed by atoms with Crippen molar-refractivity contribution in [2.24, 2.45) is 7.05 Å². The zero-order chi connectivity index (χ0) is 19.0. The number of nitrogens with one attached hydrogen (secondary N) is 2. The normalized spacial score (nSPS) is 12.9. The first kappa shape index (κ1) is 17.1. The molecule has 0 aromatic carbocycles. The van der Waals surface area contributed by atoms with Crippen molar-refractivity contribution in [1.29, 1.82) is 0 Å². The predicted octanol–water partition coefficient (Wildman–Crippen LogP) is 0.721. The van der Waals surface area contributed by atoms with Gasteiger partial charge in [0.1, 0.15) is 11.5 Å². The van der Waals surface area contributed by atoms with Crippen LogP contribution in [0, 0.1) is 0 Å². The van der Waals surface area contributed by atoms with Crippen molar-refractivity contribution in [3.05, 3.63) is 73.7 Å². The molecule has 0 saturated carbocycles. The van der Waals surface area contributed by atoms with E-state index < -0.39 is 17.2 Å². The Labute approximate surface area is 153 Å². The summed E-state index contributed by atoms with van der Waals surface area (Å²) in [5.74, 6) is 0.134. The average molecular weight is 369 g/mol. The number of H-pyrrole nitrogens is 2. The molecule has 0 saturated heterocycles. The van der Waals surface area contributed by atoms with Gasteiger partial charge in [-0.3, -0.25) is 19.3 Å². The zero-order valence-corrected chi connectivity index (χ0v) is 14.8. The molecule has 0 radical (unpaired) electrons. The highest BCUT2D eigenvalue weighted by atomic mass is 16.3. The van der Waals surface area contributed by atoms with E-state index in [1.54, 1.807) is 12.1 Å². The lowest BCUT2D eigenvalue weighted by atomic mass is 10.2. The number of aryl methyl sites for hydroxylation is 1. The van der Waals surface area contributed by atoms with Gasteiger partial charge in [-0.15, -0.1) is 0 Å². The number of carbonyl (C=O) groups excluding carboxylic acids is 1. The maximum atomic E-state index is 13.0. The van der Waals surface area contributed by atoms with Crippen LogP contribution in [0.1, 0.15) is 39.6 Å². The van der Waals surface area contributed by atoms with Gasteiger partial charge < -0.3 is 14.3 Å². The van der Waals surface area contributed by atoms with E-state index in [0.29, 0.717) is 5.76 Å². The van der Waals surface area contributed by atoms with Crippen LogP contribution in [0.5, 0.6) is 0 Å². The molecule has 0 spiro atoms. The van der Waals surface area contributed by atoms with Crippen molar-refractivity contribution in [2.45, 2.75) is 32.4 Å². The van der Waals surface area contributed by atoms with Crippen molar-refractivity contribution < 1.29 is 9.21 Å². The molecule has 4 rings (SSSR count). The number of hydrogen-bond donors (Lipinski definition) is 2. The average Bonchev–Trinajstić information content (AvgIpc) is 3.34. The number of hydrogen-bond acceptors (Lipinski definition) is 5. The van der Waals surface area contributed by atoms with Crippen LogP contribution in [0.2, 0.25) is 0 Å². The van der Waals surface area contributed by atoms with Gasteiger partial charge in [-0.1, -0.05) is 0 Å². The van der Waals surface area contributed by atoms with Crippen LogP contribution in [0.25, 0.3) is 0 Å². The first-order valence-corrected chi connectivity index (χ1v) is 8.70. The summed E-state index contributed by atoms with van der Waals surface area (Å²) in [4.78, 5) is 42.1. The van der Waals surface area contributed by atoms with Gasteiger partial charge in [0.25, 0.3) is 11.5 Å². The molecule has 3 aromatic heterocycles. The molecular formula is C18H19N5O4. The Hall–Kier alpha value is -3.36. The number of carbonyl (C=O) groups is 1. The molecule has 3 aromatic rings. The van der Waals surface area contributed by atoms with Crippen LogP contribution in [-0.4, -0.2) is 30.6 Å². The molecule has 1 aliphatic carbocycles. The molecule has 0 bridgehead atoms. The van der Waals surface area contributed by atoms with Gasteiger partial charge in [-0.2, -0.15) is 5.10 Å². The Morgan fingerprint density at radius 1 is 1.30 bits per heavy atom. The summed E-state index contributed by atoms with van der Waals surface area (Å²) in [6, 6.07) is 4.59. The molecule has 0 atom stereocenters. The molecule has 140 valence electrons. The molecule has 0 fully saturated rings. The summed E-state index contributed by atoms with van der Waals surface area (Å²) < 4.78 is 7.24. The van der Waals surface area contributed by atoms with Gasteiger partial charge in [0.05, 0.1) is 25.0 Å². The van der Waals surface area contributed by atoms with Crippen LogP contribution in [0.15, 0.2) is 38.5 Å². The molecule has 1 aliphatic rings. The number of fused-ring (bicyclic) bond motifs is 1. The number of nitrogens with zero attached hydrogens (tertiary/aromatic N) is 3. The molecule has 3 heterocycles. The van der Waals surface area contributed by atoms with E-state index in [0.717, 1.165) is 31.0 Å². The Morgan fingerprint density at radius 2 is 2.15 bits per heavy atom. The fourth-order valence-electron chi connectivity index (χ4n) is 3.55. The largest absolute Gasteiger partial charge is 0.467 e. The van der Waals surface area contributed by atoms with Crippen LogP contribution in [-0.2, 0) is 33.0 Å². The minimum Gasteiger partial charge on any atom is -0.467 e. The fraction of sp³-hybridized carbons (Fsp3) is 0.333. The first-order chi connectivity index (χ1) is 13.0. The lowest BCUT2D eigenvalue weighted by Gasteiger charge is -2.21. The maximum absolute atomic E-state index is 13.0. The molecule has 9 heteroatoms. The number of rotatable bonds is 5. The summed E-state index contributed by atoms with van der Waals surface area (Å²) in [5, 5.41) is 4.56. The molecule has 1 amide bonds. The van der Waals surface area contributed by atoms with Crippen molar-refractivity contribution >= 4 is 5.91 Å². The van der Waals surface area contributed by atoms with E-state index in [2.05, 4.69) is 15.1 Å². The Balaban J connectivity index is 1.68. The second kappa shape index (κ2) is 6.75. The third-order valence-corrected chi connectivity index (χ3v) is 4.74. The van der Waals surface area contributed by atoms with Gasteiger partial charge in [0.2, 0.25) is 0 Å². The lowest BCUT2D eigenvalue weighted by Crippen LogP contribution is -2.34. The predicted molar refractivity (Wildman–Crippen MR) is 95.2 cm³/mol. The lowest BCUT2D eigenvalue weighted by molar-refractivity contribution is 0.0708. The fourth-order valence-corrected chi connectivity index (χ4v) is 3.55. The van der Waals surface area contributed by atoms with Crippen LogP contribution in [0.3, 0.4) is 0 Å². The standard InChI is InChI=1S/C18H19N5O4/c1-22-15-6-2-5-12(15)14(21-22)10-23(9-11-4-3-7-27-11)17(25)13-8-16(24)20-18(26)19-13/h3-4,7-8H,2,5-6,9-10H2,1H3,(H2,19,20,24,26). The Bertz CT molecular complexity index is 1060.